The molecule has 0 spiro atoms. The van der Waals surface area contributed by atoms with Gasteiger partial charge in [-0.3, -0.25) is 9.89 Å². The maximum atomic E-state index is 13.0. The van der Waals surface area contributed by atoms with Crippen molar-refractivity contribution in [2.24, 2.45) is 22.7 Å². The number of nitrogens with one attached hydrogen (secondary N) is 2. The van der Waals surface area contributed by atoms with Gasteiger partial charge < -0.3 is 5.32 Å². The molecule has 5 heteroatoms. The zero-order chi connectivity index (χ0) is 14.7. The van der Waals surface area contributed by atoms with Crippen LogP contribution in [0.2, 0.25) is 0 Å². The Kier molecular flexibility index (Phi) is 2.72. The summed E-state index contributed by atoms with van der Waals surface area (Å²) in [6.45, 7) is 4.37. The number of aromatic nitrogens is 3. The molecule has 0 saturated heterocycles. The number of amides is 1. The first-order valence-electron chi connectivity index (χ1n) is 8.14. The van der Waals surface area contributed by atoms with E-state index in [9.17, 15) is 4.79 Å². The fraction of sp³-hybridized carbons (Fsp3) is 0.812. The zero-order valence-electron chi connectivity index (χ0n) is 12.9. The molecule has 4 aliphatic rings. The molecule has 1 aromatic rings. The Balaban J connectivity index is 1.54. The first-order chi connectivity index (χ1) is 9.98. The summed E-state index contributed by atoms with van der Waals surface area (Å²) in [7, 11) is 0. The number of nitrogens with zero attached hydrogens (tertiary/aromatic N) is 2. The van der Waals surface area contributed by atoms with Gasteiger partial charge in [-0.05, 0) is 62.7 Å². The van der Waals surface area contributed by atoms with Crippen LogP contribution in [0.5, 0.6) is 0 Å². The Morgan fingerprint density at radius 1 is 1.38 bits per heavy atom. The maximum Gasteiger partial charge on any atom is 0.226 e. The van der Waals surface area contributed by atoms with Gasteiger partial charge in [0.1, 0.15) is 12.2 Å². The van der Waals surface area contributed by atoms with Crippen molar-refractivity contribution in [1.29, 1.82) is 0 Å². The molecule has 0 aliphatic heterocycles. The van der Waals surface area contributed by atoms with E-state index < -0.39 is 0 Å². The lowest BCUT2D eigenvalue weighted by Gasteiger charge is -2.60. The van der Waals surface area contributed by atoms with E-state index in [-0.39, 0.29) is 17.4 Å². The van der Waals surface area contributed by atoms with E-state index in [1.807, 2.05) is 6.92 Å². The second kappa shape index (κ2) is 4.31. The van der Waals surface area contributed by atoms with Crippen molar-refractivity contribution in [1.82, 2.24) is 20.5 Å². The van der Waals surface area contributed by atoms with Crippen LogP contribution in [0, 0.1) is 22.7 Å². The minimum atomic E-state index is -0.118. The second-order valence-electron chi connectivity index (χ2n) is 8.12. The third kappa shape index (κ3) is 2.09. The average Bonchev–Trinajstić information content (AvgIpc) is 2.89. The number of H-pyrrole nitrogens is 1. The molecule has 21 heavy (non-hydrogen) atoms. The Hall–Kier alpha value is -1.39. The molecular formula is C16H24N4O. The third-order valence-corrected chi connectivity index (χ3v) is 6.03. The van der Waals surface area contributed by atoms with Crippen LogP contribution < -0.4 is 5.32 Å². The number of rotatable bonds is 3. The quantitative estimate of drug-likeness (QED) is 0.898. The van der Waals surface area contributed by atoms with E-state index in [2.05, 4.69) is 27.4 Å². The van der Waals surface area contributed by atoms with Crippen molar-refractivity contribution in [2.75, 3.05) is 0 Å². The van der Waals surface area contributed by atoms with Crippen molar-refractivity contribution in [3.05, 3.63) is 12.2 Å². The van der Waals surface area contributed by atoms with Crippen LogP contribution in [0.3, 0.4) is 0 Å². The Labute approximate surface area is 125 Å². The number of aromatic amines is 1. The molecule has 1 heterocycles. The highest BCUT2D eigenvalue weighted by Crippen LogP contribution is 2.65. The Morgan fingerprint density at radius 3 is 2.67 bits per heavy atom. The predicted octanol–water partition coefficient (Wildman–Crippen LogP) is 2.59. The lowest BCUT2D eigenvalue weighted by atomic mass is 9.44. The molecule has 0 radical (unpaired) electrons. The summed E-state index contributed by atoms with van der Waals surface area (Å²) >= 11 is 0. The SMILES string of the molecule is CC(NC(=O)C12CC3CC(CC(C)(C3)C1)C2)c1ncn[nH]1. The Bertz CT molecular complexity index is 539. The van der Waals surface area contributed by atoms with Crippen molar-refractivity contribution < 1.29 is 4.79 Å². The maximum absolute atomic E-state index is 13.0. The van der Waals surface area contributed by atoms with Gasteiger partial charge in [-0.2, -0.15) is 5.10 Å². The minimum absolute atomic E-state index is 0.0965. The summed E-state index contributed by atoms with van der Waals surface area (Å²) < 4.78 is 0. The molecule has 3 unspecified atom stereocenters. The largest absolute Gasteiger partial charge is 0.346 e. The van der Waals surface area contributed by atoms with Gasteiger partial charge in [0.25, 0.3) is 0 Å². The van der Waals surface area contributed by atoms with Crippen LogP contribution in [0.15, 0.2) is 6.33 Å². The molecule has 3 atom stereocenters. The van der Waals surface area contributed by atoms with Crippen LogP contribution in [0.4, 0.5) is 0 Å². The number of hydrogen-bond acceptors (Lipinski definition) is 3. The number of carbonyl (C=O) groups is 1. The van der Waals surface area contributed by atoms with Crippen molar-refractivity contribution >= 4 is 5.91 Å². The monoisotopic (exact) mass is 288 g/mol. The van der Waals surface area contributed by atoms with Gasteiger partial charge in [-0.25, -0.2) is 4.98 Å². The highest BCUT2D eigenvalue weighted by Gasteiger charge is 2.58. The first-order valence-corrected chi connectivity index (χ1v) is 8.14. The lowest BCUT2D eigenvalue weighted by Crippen LogP contribution is -2.57. The van der Waals surface area contributed by atoms with Crippen molar-refractivity contribution in [3.8, 4) is 0 Å². The number of hydrogen-bond donors (Lipinski definition) is 2. The molecule has 114 valence electrons. The highest BCUT2D eigenvalue weighted by molar-refractivity contribution is 5.83. The molecule has 4 saturated carbocycles. The van der Waals surface area contributed by atoms with E-state index >= 15 is 0 Å². The highest BCUT2D eigenvalue weighted by atomic mass is 16.2. The molecule has 4 bridgehead atoms. The summed E-state index contributed by atoms with van der Waals surface area (Å²) in [5.74, 6) is 2.51. The lowest BCUT2D eigenvalue weighted by molar-refractivity contribution is -0.156. The van der Waals surface area contributed by atoms with Crippen molar-refractivity contribution in [2.45, 2.75) is 58.4 Å². The van der Waals surface area contributed by atoms with Gasteiger partial charge >= 0.3 is 0 Å². The van der Waals surface area contributed by atoms with Gasteiger partial charge in [0.15, 0.2) is 0 Å². The zero-order valence-corrected chi connectivity index (χ0v) is 12.9. The van der Waals surface area contributed by atoms with E-state index in [0.29, 0.717) is 5.41 Å². The fourth-order valence-electron chi connectivity index (χ4n) is 5.83. The van der Waals surface area contributed by atoms with Gasteiger partial charge in [0.05, 0.1) is 11.5 Å². The summed E-state index contributed by atoms with van der Waals surface area (Å²) in [5, 5.41) is 9.90. The van der Waals surface area contributed by atoms with E-state index in [0.717, 1.165) is 36.9 Å². The van der Waals surface area contributed by atoms with E-state index in [1.165, 1.54) is 25.6 Å². The second-order valence-corrected chi connectivity index (χ2v) is 8.12. The van der Waals surface area contributed by atoms with Crippen LogP contribution in [-0.2, 0) is 4.79 Å². The van der Waals surface area contributed by atoms with Crippen LogP contribution in [0.25, 0.3) is 0 Å². The third-order valence-electron chi connectivity index (χ3n) is 6.03. The normalized spacial score (nSPS) is 42.0. The average molecular weight is 288 g/mol. The molecule has 4 fully saturated rings. The summed E-state index contributed by atoms with van der Waals surface area (Å²) in [6, 6.07) is -0.0965. The molecule has 1 amide bonds. The molecule has 5 rings (SSSR count). The fourth-order valence-corrected chi connectivity index (χ4v) is 5.83. The van der Waals surface area contributed by atoms with Crippen molar-refractivity contribution in [3.63, 3.8) is 0 Å². The molecule has 2 N–H and O–H groups in total. The minimum Gasteiger partial charge on any atom is -0.346 e. The predicted molar refractivity (Wildman–Crippen MR) is 78.2 cm³/mol. The molecule has 4 aliphatic carbocycles. The van der Waals surface area contributed by atoms with E-state index in [4.69, 9.17) is 0 Å². The summed E-state index contributed by atoms with van der Waals surface area (Å²) in [5.41, 5.74) is 0.282. The Morgan fingerprint density at radius 2 is 2.10 bits per heavy atom. The first kappa shape index (κ1) is 13.3. The van der Waals surface area contributed by atoms with Crippen LogP contribution in [0.1, 0.15) is 64.2 Å². The van der Waals surface area contributed by atoms with E-state index in [1.54, 1.807) is 0 Å². The molecule has 5 nitrogen and oxygen atoms in total. The van der Waals surface area contributed by atoms with Gasteiger partial charge in [-0.1, -0.05) is 6.92 Å². The van der Waals surface area contributed by atoms with Crippen LogP contribution >= 0.6 is 0 Å². The summed E-state index contributed by atoms with van der Waals surface area (Å²) in [4.78, 5) is 17.1. The number of carbonyl (C=O) groups excluding carboxylic acids is 1. The topological polar surface area (TPSA) is 70.7 Å². The van der Waals surface area contributed by atoms with Gasteiger partial charge in [0, 0.05) is 0 Å². The van der Waals surface area contributed by atoms with Gasteiger partial charge in [0.2, 0.25) is 5.91 Å². The summed E-state index contributed by atoms with van der Waals surface area (Å²) in [6.07, 6.45) is 8.75. The molecule has 0 aromatic carbocycles. The smallest absolute Gasteiger partial charge is 0.226 e. The standard InChI is InChI=1S/C16H24N4O/c1-10(13-17-9-18-20-13)19-14(21)16-6-11-3-12(7-16)5-15(2,4-11)8-16/h9-12H,3-8H2,1-2H3,(H,19,21)(H,17,18,20). The van der Waals surface area contributed by atoms with Crippen LogP contribution in [-0.4, -0.2) is 21.1 Å². The van der Waals surface area contributed by atoms with Gasteiger partial charge in [-0.15, -0.1) is 0 Å². The molecule has 1 aromatic heterocycles. The molecular weight excluding hydrogens is 264 g/mol.